The third-order valence-corrected chi connectivity index (χ3v) is 2.19. The van der Waals surface area contributed by atoms with Gasteiger partial charge in [0.25, 0.3) is 5.69 Å². The number of carbonyl (C=O) groups is 1. The SMILES string of the molecule is CNC(=O)[C@@H](N)Cc1ccc([N+](=O)[O-])cc1.Cl. The molecule has 0 aliphatic rings. The van der Waals surface area contributed by atoms with Crippen molar-refractivity contribution in [2.45, 2.75) is 12.5 Å². The summed E-state index contributed by atoms with van der Waals surface area (Å²) in [7, 11) is 1.51. The molecule has 1 amide bonds. The molecule has 0 bridgehead atoms. The largest absolute Gasteiger partial charge is 0.358 e. The van der Waals surface area contributed by atoms with E-state index in [2.05, 4.69) is 5.32 Å². The van der Waals surface area contributed by atoms with Crippen molar-refractivity contribution in [2.24, 2.45) is 5.73 Å². The number of halogens is 1. The molecule has 0 aromatic heterocycles. The number of nitrogens with two attached hydrogens (primary N) is 1. The lowest BCUT2D eigenvalue weighted by atomic mass is 10.1. The molecule has 1 aromatic carbocycles. The zero-order valence-corrected chi connectivity index (χ0v) is 10.1. The highest BCUT2D eigenvalue weighted by atomic mass is 35.5. The molecule has 0 aliphatic carbocycles. The minimum atomic E-state index is -0.633. The fourth-order valence-corrected chi connectivity index (χ4v) is 1.29. The zero-order valence-electron chi connectivity index (χ0n) is 9.25. The number of nitro groups is 1. The Balaban J connectivity index is 0.00000256. The van der Waals surface area contributed by atoms with Crippen LogP contribution in [0, 0.1) is 10.1 Å². The molecule has 1 atom stereocenters. The van der Waals surface area contributed by atoms with Crippen molar-refractivity contribution < 1.29 is 9.72 Å². The van der Waals surface area contributed by atoms with Crippen molar-refractivity contribution in [1.82, 2.24) is 5.32 Å². The van der Waals surface area contributed by atoms with Crippen molar-refractivity contribution in [2.75, 3.05) is 7.05 Å². The molecule has 0 fully saturated rings. The van der Waals surface area contributed by atoms with Crippen LogP contribution in [0.15, 0.2) is 24.3 Å². The number of nitrogens with zero attached hydrogens (tertiary/aromatic N) is 1. The number of carbonyl (C=O) groups excluding carboxylic acids is 1. The highest BCUT2D eigenvalue weighted by molar-refractivity contribution is 5.85. The first-order valence-corrected chi connectivity index (χ1v) is 4.75. The first kappa shape index (κ1) is 15.3. The van der Waals surface area contributed by atoms with Crippen LogP contribution in [0.1, 0.15) is 5.56 Å². The first-order chi connectivity index (χ1) is 7.54. The minimum Gasteiger partial charge on any atom is -0.358 e. The molecule has 6 nitrogen and oxygen atoms in total. The molecular formula is C10H14ClN3O3. The van der Waals surface area contributed by atoms with Crippen molar-refractivity contribution in [3.63, 3.8) is 0 Å². The quantitative estimate of drug-likeness (QED) is 0.612. The number of benzene rings is 1. The van der Waals surface area contributed by atoms with E-state index in [1.165, 1.54) is 19.2 Å². The second-order valence-corrected chi connectivity index (χ2v) is 3.35. The molecule has 94 valence electrons. The maximum Gasteiger partial charge on any atom is 0.269 e. The first-order valence-electron chi connectivity index (χ1n) is 4.75. The molecule has 0 aliphatic heterocycles. The average Bonchev–Trinajstić information content (AvgIpc) is 2.28. The topological polar surface area (TPSA) is 98.3 Å². The fraction of sp³-hybridized carbons (Fsp3) is 0.300. The molecule has 0 saturated heterocycles. The van der Waals surface area contributed by atoms with Gasteiger partial charge in [0.2, 0.25) is 5.91 Å². The second kappa shape index (κ2) is 6.82. The van der Waals surface area contributed by atoms with E-state index in [9.17, 15) is 14.9 Å². The number of nitro benzene ring substituents is 1. The number of hydrogen-bond acceptors (Lipinski definition) is 4. The summed E-state index contributed by atoms with van der Waals surface area (Å²) in [5.41, 5.74) is 6.43. The normalized spacial score (nSPS) is 11.2. The average molecular weight is 260 g/mol. The number of nitrogens with one attached hydrogen (secondary N) is 1. The van der Waals surface area contributed by atoms with Gasteiger partial charge in [-0.15, -0.1) is 12.4 Å². The van der Waals surface area contributed by atoms with Gasteiger partial charge >= 0.3 is 0 Å². The van der Waals surface area contributed by atoms with Gasteiger partial charge in [-0.1, -0.05) is 12.1 Å². The Labute approximate surface area is 105 Å². The molecule has 7 heteroatoms. The molecule has 0 saturated carbocycles. The van der Waals surface area contributed by atoms with E-state index < -0.39 is 11.0 Å². The second-order valence-electron chi connectivity index (χ2n) is 3.35. The maximum atomic E-state index is 11.1. The van der Waals surface area contributed by atoms with Crippen LogP contribution in [-0.4, -0.2) is 23.9 Å². The Bertz CT molecular complexity index is 394. The summed E-state index contributed by atoms with van der Waals surface area (Å²) in [6.45, 7) is 0. The molecule has 0 heterocycles. The standard InChI is InChI=1S/C10H13N3O3.ClH/c1-12-10(14)9(11)6-7-2-4-8(5-3-7)13(15)16;/h2-5,9H,6,11H2,1H3,(H,12,14);1H/t9-;/m0./s1. The third-order valence-electron chi connectivity index (χ3n) is 2.19. The lowest BCUT2D eigenvalue weighted by Gasteiger charge is -2.09. The summed E-state index contributed by atoms with van der Waals surface area (Å²) in [5, 5.41) is 12.8. The monoisotopic (exact) mass is 259 g/mol. The summed E-state index contributed by atoms with van der Waals surface area (Å²) in [6.07, 6.45) is 0.359. The summed E-state index contributed by atoms with van der Waals surface area (Å²) >= 11 is 0. The Kier molecular flexibility index (Phi) is 6.16. The molecule has 1 aromatic rings. The van der Waals surface area contributed by atoms with E-state index in [1.54, 1.807) is 12.1 Å². The molecular weight excluding hydrogens is 246 g/mol. The van der Waals surface area contributed by atoms with Crippen LogP contribution in [0.25, 0.3) is 0 Å². The van der Waals surface area contributed by atoms with Crippen LogP contribution < -0.4 is 11.1 Å². The molecule has 0 spiro atoms. The van der Waals surface area contributed by atoms with Crippen molar-refractivity contribution in [3.05, 3.63) is 39.9 Å². The van der Waals surface area contributed by atoms with Gasteiger partial charge in [0.05, 0.1) is 11.0 Å². The Hall–Kier alpha value is -1.66. The van der Waals surface area contributed by atoms with Crippen LogP contribution in [0.2, 0.25) is 0 Å². The van der Waals surface area contributed by atoms with Crippen LogP contribution in [-0.2, 0) is 11.2 Å². The van der Waals surface area contributed by atoms with Gasteiger partial charge in [-0.25, -0.2) is 0 Å². The molecule has 3 N–H and O–H groups in total. The van der Waals surface area contributed by atoms with E-state index in [4.69, 9.17) is 5.73 Å². The van der Waals surface area contributed by atoms with Crippen molar-refractivity contribution in [1.29, 1.82) is 0 Å². The van der Waals surface area contributed by atoms with Gasteiger partial charge in [0.15, 0.2) is 0 Å². The van der Waals surface area contributed by atoms with E-state index in [0.717, 1.165) is 5.56 Å². The zero-order chi connectivity index (χ0) is 12.1. The van der Waals surface area contributed by atoms with Gasteiger partial charge in [0.1, 0.15) is 0 Å². The predicted octanol–water partition coefficient (Wildman–Crippen LogP) is 0.632. The van der Waals surface area contributed by atoms with Gasteiger partial charge in [0, 0.05) is 19.2 Å². The predicted molar refractivity (Wildman–Crippen MR) is 66.1 cm³/mol. The maximum absolute atomic E-state index is 11.1. The van der Waals surface area contributed by atoms with Gasteiger partial charge in [-0.05, 0) is 12.0 Å². The minimum absolute atomic E-state index is 0. The summed E-state index contributed by atoms with van der Waals surface area (Å²) < 4.78 is 0. The van der Waals surface area contributed by atoms with Gasteiger partial charge in [-0.2, -0.15) is 0 Å². The number of hydrogen-bond donors (Lipinski definition) is 2. The van der Waals surface area contributed by atoms with Crippen LogP contribution in [0.5, 0.6) is 0 Å². The molecule has 0 radical (unpaired) electrons. The lowest BCUT2D eigenvalue weighted by Crippen LogP contribution is -2.40. The fourth-order valence-electron chi connectivity index (χ4n) is 1.29. The van der Waals surface area contributed by atoms with Crippen LogP contribution >= 0.6 is 12.4 Å². The van der Waals surface area contributed by atoms with Crippen LogP contribution in [0.3, 0.4) is 0 Å². The Morgan fingerprint density at radius 3 is 2.41 bits per heavy atom. The Morgan fingerprint density at radius 2 is 2.00 bits per heavy atom. The van der Waals surface area contributed by atoms with E-state index >= 15 is 0 Å². The molecule has 17 heavy (non-hydrogen) atoms. The van der Waals surface area contributed by atoms with Crippen molar-refractivity contribution in [3.8, 4) is 0 Å². The third kappa shape index (κ3) is 4.38. The van der Waals surface area contributed by atoms with E-state index in [1.807, 2.05) is 0 Å². The number of likely N-dealkylation sites (N-methyl/N-ethyl adjacent to an activating group) is 1. The number of amides is 1. The smallest absolute Gasteiger partial charge is 0.269 e. The summed E-state index contributed by atoms with van der Waals surface area (Å²) in [5.74, 6) is -0.252. The number of rotatable bonds is 4. The highest BCUT2D eigenvalue weighted by Gasteiger charge is 2.12. The Morgan fingerprint density at radius 1 is 1.47 bits per heavy atom. The van der Waals surface area contributed by atoms with Gasteiger partial charge in [-0.3, -0.25) is 14.9 Å². The number of non-ortho nitro benzene ring substituents is 1. The van der Waals surface area contributed by atoms with E-state index in [0.29, 0.717) is 6.42 Å². The van der Waals surface area contributed by atoms with Crippen LogP contribution in [0.4, 0.5) is 5.69 Å². The summed E-state index contributed by atoms with van der Waals surface area (Å²) in [4.78, 5) is 21.1. The highest BCUT2D eigenvalue weighted by Crippen LogP contribution is 2.12. The van der Waals surface area contributed by atoms with Gasteiger partial charge < -0.3 is 11.1 Å². The van der Waals surface area contributed by atoms with E-state index in [-0.39, 0.29) is 24.0 Å². The lowest BCUT2D eigenvalue weighted by molar-refractivity contribution is -0.384. The molecule has 1 rings (SSSR count). The molecule has 0 unspecified atom stereocenters. The van der Waals surface area contributed by atoms with Crippen molar-refractivity contribution >= 4 is 24.0 Å². The summed E-state index contributed by atoms with van der Waals surface area (Å²) in [6, 6.07) is 5.35.